The average Bonchev–Trinajstić information content (AvgIpc) is 2.32. The Morgan fingerprint density at radius 1 is 1.38 bits per heavy atom. The zero-order chi connectivity index (χ0) is 11.7. The number of halogens is 1. The molecule has 0 amide bonds. The van der Waals surface area contributed by atoms with Crippen LogP contribution in [0.4, 0.5) is 5.69 Å². The van der Waals surface area contributed by atoms with Gasteiger partial charge in [0.1, 0.15) is 0 Å². The van der Waals surface area contributed by atoms with Gasteiger partial charge in [-0.2, -0.15) is 0 Å². The fourth-order valence-corrected chi connectivity index (χ4v) is 2.23. The lowest BCUT2D eigenvalue weighted by Gasteiger charge is -2.10. The highest BCUT2D eigenvalue weighted by molar-refractivity contribution is 9.10. The minimum absolute atomic E-state index is 0.949. The highest BCUT2D eigenvalue weighted by Gasteiger charge is 2.08. The second-order valence-electron chi connectivity index (χ2n) is 3.86. The first-order valence-electron chi connectivity index (χ1n) is 5.43. The molecule has 1 aromatic carbocycles. The molecular weight excluding hydrogens is 264 g/mol. The molecule has 2 aromatic rings. The first-order valence-corrected chi connectivity index (χ1v) is 6.23. The summed E-state index contributed by atoms with van der Waals surface area (Å²) in [5, 5.41) is 4.39. The number of rotatable bonds is 2. The number of hydrogen-bond acceptors (Lipinski definition) is 2. The summed E-state index contributed by atoms with van der Waals surface area (Å²) in [5.41, 5.74) is 4.52. The molecule has 2 nitrogen and oxygen atoms in total. The van der Waals surface area contributed by atoms with E-state index in [-0.39, 0.29) is 0 Å². The van der Waals surface area contributed by atoms with Gasteiger partial charge in [0.2, 0.25) is 0 Å². The van der Waals surface area contributed by atoms with E-state index >= 15 is 0 Å². The van der Waals surface area contributed by atoms with E-state index < -0.39 is 0 Å². The fraction of sp³-hybridized carbons (Fsp3) is 0.308. The van der Waals surface area contributed by atoms with Crippen LogP contribution < -0.4 is 5.32 Å². The lowest BCUT2D eigenvalue weighted by Crippen LogP contribution is -1.96. The van der Waals surface area contributed by atoms with Crippen LogP contribution in [0, 0.1) is 6.92 Å². The maximum absolute atomic E-state index is 4.68. The minimum atomic E-state index is 0.949. The summed E-state index contributed by atoms with van der Waals surface area (Å²) in [5.74, 6) is 0. The van der Waals surface area contributed by atoms with Gasteiger partial charge in [-0.3, -0.25) is 4.98 Å². The topological polar surface area (TPSA) is 24.9 Å². The Hall–Kier alpha value is -1.09. The van der Waals surface area contributed by atoms with Crippen molar-refractivity contribution in [1.29, 1.82) is 0 Å². The molecule has 0 bridgehead atoms. The number of aryl methyl sites for hydroxylation is 2. The van der Waals surface area contributed by atoms with Crippen LogP contribution in [0.5, 0.6) is 0 Å². The molecule has 0 aliphatic carbocycles. The highest BCUT2D eigenvalue weighted by Crippen LogP contribution is 2.31. The van der Waals surface area contributed by atoms with E-state index in [9.17, 15) is 0 Å². The summed E-state index contributed by atoms with van der Waals surface area (Å²) in [4.78, 5) is 4.68. The van der Waals surface area contributed by atoms with Gasteiger partial charge in [-0.05, 0) is 40.9 Å². The monoisotopic (exact) mass is 278 g/mol. The Morgan fingerprint density at radius 2 is 2.12 bits per heavy atom. The van der Waals surface area contributed by atoms with Crippen molar-refractivity contribution in [3.8, 4) is 0 Å². The Labute approximate surface area is 104 Å². The van der Waals surface area contributed by atoms with Gasteiger partial charge in [0.25, 0.3) is 0 Å². The summed E-state index contributed by atoms with van der Waals surface area (Å²) < 4.78 is 1.09. The molecule has 1 N–H and O–H groups in total. The summed E-state index contributed by atoms with van der Waals surface area (Å²) in [7, 11) is 1.95. The molecule has 0 aliphatic heterocycles. The van der Waals surface area contributed by atoms with Crippen molar-refractivity contribution in [2.45, 2.75) is 20.3 Å². The van der Waals surface area contributed by atoms with E-state index in [1.807, 2.05) is 7.05 Å². The molecular formula is C13H15BrN2. The van der Waals surface area contributed by atoms with Crippen molar-refractivity contribution < 1.29 is 0 Å². The summed E-state index contributed by atoms with van der Waals surface area (Å²) in [6.45, 7) is 4.21. The molecule has 0 atom stereocenters. The van der Waals surface area contributed by atoms with Crippen molar-refractivity contribution in [2.75, 3.05) is 12.4 Å². The van der Waals surface area contributed by atoms with Gasteiger partial charge in [-0.25, -0.2) is 0 Å². The van der Waals surface area contributed by atoms with Gasteiger partial charge in [0, 0.05) is 28.3 Å². The van der Waals surface area contributed by atoms with E-state index in [0.29, 0.717) is 0 Å². The van der Waals surface area contributed by atoms with Gasteiger partial charge in [0.15, 0.2) is 0 Å². The van der Waals surface area contributed by atoms with Crippen LogP contribution in [0.3, 0.4) is 0 Å². The molecule has 0 saturated carbocycles. The lowest BCUT2D eigenvalue weighted by molar-refractivity contribution is 1.05. The number of hydrogen-bond donors (Lipinski definition) is 1. The molecule has 3 heteroatoms. The van der Waals surface area contributed by atoms with E-state index in [0.717, 1.165) is 33.2 Å². The number of anilines is 1. The van der Waals surface area contributed by atoms with Crippen LogP contribution in [-0.2, 0) is 6.42 Å². The van der Waals surface area contributed by atoms with Gasteiger partial charge in [-0.15, -0.1) is 0 Å². The maximum Gasteiger partial charge on any atom is 0.0870 e. The molecule has 0 radical (unpaired) electrons. The van der Waals surface area contributed by atoms with Crippen LogP contribution in [-0.4, -0.2) is 12.0 Å². The zero-order valence-electron chi connectivity index (χ0n) is 9.76. The van der Waals surface area contributed by atoms with Crippen molar-refractivity contribution in [3.05, 3.63) is 33.9 Å². The van der Waals surface area contributed by atoms with E-state index in [1.54, 1.807) is 0 Å². The molecule has 0 fully saturated rings. The number of fused-ring (bicyclic) bond motifs is 1. The largest absolute Gasteiger partial charge is 0.388 e. The standard InChI is InChI=1S/C13H15BrN2/c1-4-9-7-11(15-3)10-6-5-8(2)12(14)13(10)16-9/h5-7H,4H2,1-3H3,(H,15,16). The maximum atomic E-state index is 4.68. The number of aromatic nitrogens is 1. The Morgan fingerprint density at radius 3 is 2.75 bits per heavy atom. The van der Waals surface area contributed by atoms with Crippen LogP contribution in [0.25, 0.3) is 10.9 Å². The third kappa shape index (κ3) is 1.80. The molecule has 0 unspecified atom stereocenters. The number of benzene rings is 1. The minimum Gasteiger partial charge on any atom is -0.388 e. The molecule has 0 aliphatic rings. The quantitative estimate of drug-likeness (QED) is 0.901. The van der Waals surface area contributed by atoms with E-state index in [2.05, 4.69) is 58.3 Å². The summed E-state index contributed by atoms with van der Waals surface area (Å²) in [6, 6.07) is 6.35. The second-order valence-corrected chi connectivity index (χ2v) is 4.65. The zero-order valence-corrected chi connectivity index (χ0v) is 11.4. The van der Waals surface area contributed by atoms with Crippen molar-refractivity contribution in [2.24, 2.45) is 0 Å². The first-order chi connectivity index (χ1) is 7.67. The van der Waals surface area contributed by atoms with Crippen molar-refractivity contribution in [3.63, 3.8) is 0 Å². The number of nitrogens with zero attached hydrogens (tertiary/aromatic N) is 1. The van der Waals surface area contributed by atoms with Gasteiger partial charge >= 0.3 is 0 Å². The second kappa shape index (κ2) is 4.42. The predicted molar refractivity (Wildman–Crippen MR) is 73.1 cm³/mol. The molecule has 1 aromatic heterocycles. The molecule has 16 heavy (non-hydrogen) atoms. The lowest BCUT2D eigenvalue weighted by atomic mass is 10.1. The molecule has 1 heterocycles. The normalized spacial score (nSPS) is 10.8. The van der Waals surface area contributed by atoms with Crippen molar-refractivity contribution in [1.82, 2.24) is 4.98 Å². The molecule has 84 valence electrons. The van der Waals surface area contributed by atoms with Crippen LogP contribution >= 0.6 is 15.9 Å². The van der Waals surface area contributed by atoms with Gasteiger partial charge < -0.3 is 5.32 Å². The first kappa shape index (κ1) is 11.4. The van der Waals surface area contributed by atoms with Crippen LogP contribution in [0.2, 0.25) is 0 Å². The smallest absolute Gasteiger partial charge is 0.0870 e. The Kier molecular flexibility index (Phi) is 3.15. The predicted octanol–water partition coefficient (Wildman–Crippen LogP) is 3.91. The SMILES string of the molecule is CCc1cc(NC)c2ccc(C)c(Br)c2n1. The highest BCUT2D eigenvalue weighted by atomic mass is 79.9. The van der Waals surface area contributed by atoms with Crippen LogP contribution in [0.1, 0.15) is 18.2 Å². The van der Waals surface area contributed by atoms with Gasteiger partial charge in [0.05, 0.1) is 5.52 Å². The molecule has 2 rings (SSSR count). The van der Waals surface area contributed by atoms with E-state index in [1.165, 1.54) is 5.56 Å². The summed E-state index contributed by atoms with van der Waals surface area (Å²) >= 11 is 3.62. The number of pyridine rings is 1. The van der Waals surface area contributed by atoms with E-state index in [4.69, 9.17) is 0 Å². The van der Waals surface area contributed by atoms with Gasteiger partial charge in [-0.1, -0.05) is 19.1 Å². The number of nitrogens with one attached hydrogen (secondary N) is 1. The van der Waals surface area contributed by atoms with Crippen LogP contribution in [0.15, 0.2) is 22.7 Å². The van der Waals surface area contributed by atoms with Crippen molar-refractivity contribution >= 4 is 32.5 Å². The Balaban J connectivity index is 2.84. The fourth-order valence-electron chi connectivity index (χ4n) is 1.80. The molecule has 0 saturated heterocycles. The molecule has 0 spiro atoms. The third-order valence-electron chi connectivity index (χ3n) is 2.80. The average molecular weight is 279 g/mol. The summed E-state index contributed by atoms with van der Waals surface area (Å²) in [6.07, 6.45) is 0.949. The Bertz CT molecular complexity index is 535. The third-order valence-corrected chi connectivity index (χ3v) is 3.80.